The molecule has 1 aromatic carbocycles. The van der Waals surface area contributed by atoms with Gasteiger partial charge in [-0.15, -0.1) is 0 Å². The van der Waals surface area contributed by atoms with Crippen LogP contribution in [-0.2, 0) is 0 Å². The first kappa shape index (κ1) is 11.9. The summed E-state index contributed by atoms with van der Waals surface area (Å²) >= 11 is 1.76. The molecular formula is C19H11N3S. The Hall–Kier alpha value is -2.59. The highest BCUT2D eigenvalue weighted by molar-refractivity contribution is 7.09. The molecule has 2 bridgehead atoms. The Labute approximate surface area is 136 Å². The molecule has 0 N–H and O–H groups in total. The van der Waals surface area contributed by atoms with E-state index in [1.807, 2.05) is 18.6 Å². The van der Waals surface area contributed by atoms with Gasteiger partial charge in [0.2, 0.25) is 0 Å². The van der Waals surface area contributed by atoms with E-state index in [2.05, 4.69) is 43.9 Å². The number of nitrogens with zero attached hydrogens (tertiary/aromatic N) is 3. The summed E-state index contributed by atoms with van der Waals surface area (Å²) in [5, 5.41) is 7.11. The molecule has 0 saturated heterocycles. The van der Waals surface area contributed by atoms with Crippen LogP contribution in [0.5, 0.6) is 0 Å². The third-order valence-electron chi connectivity index (χ3n) is 5.17. The molecule has 4 aromatic rings. The topological polar surface area (TPSA) is 38.7 Å². The quantitative estimate of drug-likeness (QED) is 0.424. The van der Waals surface area contributed by atoms with Crippen LogP contribution >= 0.6 is 11.3 Å². The van der Waals surface area contributed by atoms with Crippen LogP contribution in [0.3, 0.4) is 0 Å². The van der Waals surface area contributed by atoms with Gasteiger partial charge in [-0.1, -0.05) is 0 Å². The minimum atomic E-state index is 0.181. The summed E-state index contributed by atoms with van der Waals surface area (Å²) in [5.41, 5.74) is 7.83. The summed E-state index contributed by atoms with van der Waals surface area (Å²) in [4.78, 5) is 13.3. The number of hydrogen-bond donors (Lipinski definition) is 0. The highest BCUT2D eigenvalue weighted by Crippen LogP contribution is 2.55. The van der Waals surface area contributed by atoms with Crippen molar-refractivity contribution in [1.82, 2.24) is 15.0 Å². The molecule has 0 saturated carbocycles. The molecule has 3 heterocycles. The average Bonchev–Trinajstić information content (AvgIpc) is 3.06. The van der Waals surface area contributed by atoms with E-state index >= 15 is 0 Å². The van der Waals surface area contributed by atoms with E-state index < -0.39 is 0 Å². The molecule has 0 fully saturated rings. The van der Waals surface area contributed by atoms with Gasteiger partial charge in [0.25, 0.3) is 0 Å². The van der Waals surface area contributed by atoms with Gasteiger partial charge in [-0.25, -0.2) is 9.97 Å². The molecule has 2 atom stereocenters. The first-order valence-corrected chi connectivity index (χ1v) is 8.59. The molecular weight excluding hydrogens is 302 g/mol. The SMILES string of the molecule is c1cc2c(cn1)C1c3cc4cscc4cc3C2c2cncnc21. The van der Waals surface area contributed by atoms with E-state index in [0.29, 0.717) is 0 Å². The number of benzene rings is 1. The molecule has 23 heavy (non-hydrogen) atoms. The minimum Gasteiger partial charge on any atom is -0.264 e. The summed E-state index contributed by atoms with van der Waals surface area (Å²) in [6.07, 6.45) is 7.56. The molecule has 2 unspecified atom stereocenters. The lowest BCUT2D eigenvalue weighted by atomic mass is 9.63. The van der Waals surface area contributed by atoms with Crippen molar-refractivity contribution in [3.05, 3.63) is 87.4 Å². The Morgan fingerprint density at radius 2 is 1.57 bits per heavy atom. The lowest BCUT2D eigenvalue weighted by Gasteiger charge is -2.40. The molecule has 4 heteroatoms. The first-order chi connectivity index (χ1) is 11.4. The van der Waals surface area contributed by atoms with Gasteiger partial charge in [0.1, 0.15) is 6.33 Å². The van der Waals surface area contributed by atoms with E-state index in [4.69, 9.17) is 0 Å². The highest BCUT2D eigenvalue weighted by atomic mass is 32.1. The predicted octanol–water partition coefficient (Wildman–Crippen LogP) is 4.07. The normalized spacial score (nSPS) is 20.2. The van der Waals surface area contributed by atoms with Crippen LogP contribution in [0.15, 0.2) is 53.9 Å². The van der Waals surface area contributed by atoms with Crippen LogP contribution in [0.25, 0.3) is 10.8 Å². The smallest absolute Gasteiger partial charge is 0.115 e. The maximum atomic E-state index is 4.63. The van der Waals surface area contributed by atoms with Crippen LogP contribution in [0.1, 0.15) is 45.3 Å². The number of thiophene rings is 1. The summed E-state index contributed by atoms with van der Waals surface area (Å²) in [7, 11) is 0. The van der Waals surface area contributed by atoms with Gasteiger partial charge in [0.05, 0.1) is 11.6 Å². The van der Waals surface area contributed by atoms with Gasteiger partial charge in [-0.05, 0) is 62.0 Å². The maximum Gasteiger partial charge on any atom is 0.115 e. The lowest BCUT2D eigenvalue weighted by Crippen LogP contribution is -2.28. The summed E-state index contributed by atoms with van der Waals surface area (Å²) in [6.45, 7) is 0. The van der Waals surface area contributed by atoms with Crippen LogP contribution in [0.2, 0.25) is 0 Å². The van der Waals surface area contributed by atoms with Crippen molar-refractivity contribution in [2.24, 2.45) is 0 Å². The second kappa shape index (κ2) is 4.03. The van der Waals surface area contributed by atoms with Gasteiger partial charge >= 0.3 is 0 Å². The average molecular weight is 313 g/mol. The number of fused-ring (bicyclic) bond motifs is 1. The van der Waals surface area contributed by atoms with Crippen LogP contribution in [0, 0.1) is 0 Å². The third kappa shape index (κ3) is 1.38. The van der Waals surface area contributed by atoms with Crippen molar-refractivity contribution in [1.29, 1.82) is 0 Å². The van der Waals surface area contributed by atoms with E-state index in [-0.39, 0.29) is 11.8 Å². The van der Waals surface area contributed by atoms with Crippen molar-refractivity contribution in [2.75, 3.05) is 0 Å². The fourth-order valence-corrected chi connectivity index (χ4v) is 5.02. The van der Waals surface area contributed by atoms with E-state index in [1.54, 1.807) is 17.7 Å². The Kier molecular flexibility index (Phi) is 2.09. The molecule has 0 spiro atoms. The van der Waals surface area contributed by atoms with E-state index in [9.17, 15) is 0 Å². The molecule has 0 radical (unpaired) electrons. The summed E-state index contributed by atoms with van der Waals surface area (Å²) in [5.74, 6) is 0.412. The molecule has 3 aliphatic rings. The first-order valence-electron chi connectivity index (χ1n) is 7.65. The monoisotopic (exact) mass is 313 g/mol. The molecule has 0 aliphatic heterocycles. The molecule has 7 rings (SSSR count). The maximum absolute atomic E-state index is 4.63. The van der Waals surface area contributed by atoms with Crippen LogP contribution in [-0.4, -0.2) is 15.0 Å². The predicted molar refractivity (Wildman–Crippen MR) is 90.0 cm³/mol. The van der Waals surface area contributed by atoms with Crippen LogP contribution in [0.4, 0.5) is 0 Å². The zero-order valence-electron chi connectivity index (χ0n) is 12.1. The summed E-state index contributed by atoms with van der Waals surface area (Å²) < 4.78 is 0. The van der Waals surface area contributed by atoms with Crippen LogP contribution < -0.4 is 0 Å². The molecule has 108 valence electrons. The van der Waals surface area contributed by atoms with Crippen molar-refractivity contribution in [3.8, 4) is 0 Å². The zero-order valence-corrected chi connectivity index (χ0v) is 12.9. The van der Waals surface area contributed by atoms with Crippen molar-refractivity contribution >= 4 is 22.1 Å². The molecule has 0 amide bonds. The fraction of sp³-hybridized carbons (Fsp3) is 0.105. The largest absolute Gasteiger partial charge is 0.264 e. The van der Waals surface area contributed by atoms with Crippen molar-refractivity contribution in [2.45, 2.75) is 11.8 Å². The third-order valence-corrected chi connectivity index (χ3v) is 5.95. The minimum absolute atomic E-state index is 0.181. The highest BCUT2D eigenvalue weighted by Gasteiger charge is 2.42. The standard InChI is InChI=1S/C19H11N3S/c1-2-20-5-15-12(1)17-13-3-10-7-23-8-11(10)4-14(13)18(15)19-16(17)6-21-9-22-19/h1-9,17-18H. The van der Waals surface area contributed by atoms with Crippen molar-refractivity contribution < 1.29 is 0 Å². The Morgan fingerprint density at radius 1 is 0.783 bits per heavy atom. The Balaban J connectivity index is 1.78. The Bertz CT molecular complexity index is 967. The van der Waals surface area contributed by atoms with Gasteiger partial charge in [0.15, 0.2) is 0 Å². The number of pyridine rings is 1. The lowest BCUT2D eigenvalue weighted by molar-refractivity contribution is 0.715. The second-order valence-corrected chi connectivity index (χ2v) is 6.96. The molecule has 3 nitrogen and oxygen atoms in total. The van der Waals surface area contributed by atoms with E-state index in [0.717, 1.165) is 5.69 Å². The molecule has 3 aliphatic carbocycles. The second-order valence-electron chi connectivity index (χ2n) is 6.22. The van der Waals surface area contributed by atoms with Gasteiger partial charge in [0, 0.05) is 30.1 Å². The fourth-order valence-electron chi connectivity index (χ4n) is 4.25. The van der Waals surface area contributed by atoms with Crippen molar-refractivity contribution in [3.63, 3.8) is 0 Å². The number of hydrogen-bond acceptors (Lipinski definition) is 4. The van der Waals surface area contributed by atoms with Gasteiger partial charge < -0.3 is 0 Å². The van der Waals surface area contributed by atoms with E-state index in [1.165, 1.54) is 38.6 Å². The molecule has 3 aromatic heterocycles. The summed E-state index contributed by atoms with van der Waals surface area (Å²) in [6, 6.07) is 6.86. The van der Waals surface area contributed by atoms with Gasteiger partial charge in [-0.2, -0.15) is 11.3 Å². The number of rotatable bonds is 0. The Morgan fingerprint density at radius 3 is 2.43 bits per heavy atom. The number of aromatic nitrogens is 3. The zero-order chi connectivity index (χ0) is 15.0. The van der Waals surface area contributed by atoms with Gasteiger partial charge in [-0.3, -0.25) is 4.98 Å².